The van der Waals surface area contributed by atoms with Crippen molar-refractivity contribution in [3.8, 4) is 0 Å². The quantitative estimate of drug-likeness (QED) is 0.502. The number of hydrogen-bond donors (Lipinski definition) is 0. The maximum atomic E-state index is 5.90. The van der Waals surface area contributed by atoms with Crippen LogP contribution in [0.15, 0.2) is 12.2 Å². The van der Waals surface area contributed by atoms with E-state index < -0.39 is 0 Å². The molecule has 0 atom stereocenters. The molecule has 2 aliphatic rings. The fourth-order valence-corrected chi connectivity index (χ4v) is 2.37. The minimum atomic E-state index is 0.255. The molecule has 1 aliphatic carbocycles. The van der Waals surface area contributed by atoms with Gasteiger partial charge in [0.25, 0.3) is 0 Å². The summed E-state index contributed by atoms with van der Waals surface area (Å²) in [4.78, 5) is 0. The lowest BCUT2D eigenvalue weighted by Crippen LogP contribution is -2.33. The van der Waals surface area contributed by atoms with Gasteiger partial charge in [0.05, 0.1) is 12.2 Å². The Labute approximate surface area is 74.8 Å². The molecule has 12 heavy (non-hydrogen) atoms. The first-order chi connectivity index (χ1) is 5.91. The molecular formula is C11H18O. The summed E-state index contributed by atoms with van der Waals surface area (Å²) in [5, 5.41) is 0. The lowest BCUT2D eigenvalue weighted by atomic mass is 9.89. The first kappa shape index (κ1) is 8.31. The third-order valence-electron chi connectivity index (χ3n) is 3.16. The minimum absolute atomic E-state index is 0.255. The molecule has 0 bridgehead atoms. The molecule has 0 unspecified atom stereocenters. The Morgan fingerprint density at radius 3 is 2.25 bits per heavy atom. The van der Waals surface area contributed by atoms with Gasteiger partial charge in [-0.3, -0.25) is 0 Å². The maximum absolute atomic E-state index is 5.90. The molecule has 1 heterocycles. The first-order valence-electron chi connectivity index (χ1n) is 5.20. The fourth-order valence-electron chi connectivity index (χ4n) is 2.37. The SMILES string of the molecule is C1=CCC2(CCCCCC2)OC1. The summed E-state index contributed by atoms with van der Waals surface area (Å²) in [5.74, 6) is 0. The summed E-state index contributed by atoms with van der Waals surface area (Å²) in [5.41, 5.74) is 0.255. The lowest BCUT2D eigenvalue weighted by Gasteiger charge is -2.34. The molecule has 0 amide bonds. The molecule has 1 fully saturated rings. The van der Waals surface area contributed by atoms with Crippen molar-refractivity contribution in [2.75, 3.05) is 6.61 Å². The van der Waals surface area contributed by atoms with Gasteiger partial charge in [0.2, 0.25) is 0 Å². The van der Waals surface area contributed by atoms with E-state index in [-0.39, 0.29) is 5.60 Å². The molecule has 1 spiro atoms. The smallest absolute Gasteiger partial charge is 0.0721 e. The Hall–Kier alpha value is -0.300. The second kappa shape index (κ2) is 3.61. The van der Waals surface area contributed by atoms with Crippen LogP contribution >= 0.6 is 0 Å². The van der Waals surface area contributed by atoms with Gasteiger partial charge in [-0.15, -0.1) is 0 Å². The van der Waals surface area contributed by atoms with Crippen LogP contribution in [-0.2, 0) is 4.74 Å². The molecule has 0 radical (unpaired) electrons. The Morgan fingerprint density at radius 1 is 0.917 bits per heavy atom. The summed E-state index contributed by atoms with van der Waals surface area (Å²) >= 11 is 0. The van der Waals surface area contributed by atoms with Gasteiger partial charge in [-0.05, 0) is 19.3 Å². The zero-order chi connectivity index (χ0) is 8.28. The average Bonchev–Trinajstić information content (AvgIpc) is 2.33. The van der Waals surface area contributed by atoms with E-state index in [9.17, 15) is 0 Å². The number of hydrogen-bond acceptors (Lipinski definition) is 1. The average molecular weight is 166 g/mol. The van der Waals surface area contributed by atoms with Gasteiger partial charge < -0.3 is 4.74 Å². The van der Waals surface area contributed by atoms with Crippen LogP contribution in [0.4, 0.5) is 0 Å². The van der Waals surface area contributed by atoms with Crippen molar-refractivity contribution in [1.82, 2.24) is 0 Å². The predicted octanol–water partition coefficient (Wildman–Crippen LogP) is 3.06. The van der Waals surface area contributed by atoms with Crippen molar-refractivity contribution in [2.24, 2.45) is 0 Å². The third kappa shape index (κ3) is 1.71. The van der Waals surface area contributed by atoms with Crippen LogP contribution in [0.1, 0.15) is 44.9 Å². The molecule has 0 N–H and O–H groups in total. The molecule has 2 rings (SSSR count). The van der Waals surface area contributed by atoms with Gasteiger partial charge in [-0.2, -0.15) is 0 Å². The molecule has 1 aliphatic heterocycles. The highest BCUT2D eigenvalue weighted by atomic mass is 16.5. The number of rotatable bonds is 0. The van der Waals surface area contributed by atoms with E-state index >= 15 is 0 Å². The van der Waals surface area contributed by atoms with Crippen LogP contribution in [0.25, 0.3) is 0 Å². The topological polar surface area (TPSA) is 9.23 Å². The monoisotopic (exact) mass is 166 g/mol. The van der Waals surface area contributed by atoms with E-state index in [1.807, 2.05) is 0 Å². The van der Waals surface area contributed by atoms with Crippen LogP contribution in [0.3, 0.4) is 0 Å². The maximum Gasteiger partial charge on any atom is 0.0721 e. The highest BCUT2D eigenvalue weighted by Crippen LogP contribution is 2.35. The Balaban J connectivity index is 2.01. The van der Waals surface area contributed by atoms with Crippen molar-refractivity contribution in [2.45, 2.75) is 50.5 Å². The van der Waals surface area contributed by atoms with Gasteiger partial charge >= 0.3 is 0 Å². The van der Waals surface area contributed by atoms with E-state index in [1.54, 1.807) is 0 Å². The van der Waals surface area contributed by atoms with Gasteiger partial charge in [-0.25, -0.2) is 0 Å². The number of ether oxygens (including phenoxy) is 1. The normalized spacial score (nSPS) is 28.7. The summed E-state index contributed by atoms with van der Waals surface area (Å²) < 4.78 is 5.90. The van der Waals surface area contributed by atoms with E-state index in [0.29, 0.717) is 0 Å². The summed E-state index contributed by atoms with van der Waals surface area (Å²) in [6.07, 6.45) is 13.7. The van der Waals surface area contributed by atoms with Gasteiger partial charge in [-0.1, -0.05) is 37.8 Å². The van der Waals surface area contributed by atoms with Crippen molar-refractivity contribution in [3.63, 3.8) is 0 Å². The van der Waals surface area contributed by atoms with Crippen LogP contribution in [-0.4, -0.2) is 12.2 Å². The molecular weight excluding hydrogens is 148 g/mol. The van der Waals surface area contributed by atoms with Crippen molar-refractivity contribution < 1.29 is 4.74 Å². The standard InChI is InChI=1S/C11H18O/c1-2-4-8-11(7-3-1)9-5-6-10-12-11/h5-6H,1-4,7-10H2. The minimum Gasteiger partial charge on any atom is -0.371 e. The van der Waals surface area contributed by atoms with Gasteiger partial charge in [0.1, 0.15) is 0 Å². The van der Waals surface area contributed by atoms with E-state index in [1.165, 1.54) is 38.5 Å². The molecule has 0 aromatic carbocycles. The Bertz CT molecular complexity index is 164. The van der Waals surface area contributed by atoms with Crippen LogP contribution < -0.4 is 0 Å². The molecule has 0 aromatic rings. The largest absolute Gasteiger partial charge is 0.371 e. The summed E-state index contributed by atoms with van der Waals surface area (Å²) in [7, 11) is 0. The predicted molar refractivity (Wildman–Crippen MR) is 50.1 cm³/mol. The van der Waals surface area contributed by atoms with E-state index in [2.05, 4.69) is 12.2 Å². The molecule has 0 aromatic heterocycles. The Kier molecular flexibility index (Phi) is 2.50. The van der Waals surface area contributed by atoms with Crippen LogP contribution in [0, 0.1) is 0 Å². The highest BCUT2D eigenvalue weighted by molar-refractivity contribution is 4.98. The Morgan fingerprint density at radius 2 is 1.67 bits per heavy atom. The zero-order valence-corrected chi connectivity index (χ0v) is 7.72. The van der Waals surface area contributed by atoms with E-state index in [0.717, 1.165) is 13.0 Å². The van der Waals surface area contributed by atoms with Gasteiger partial charge in [0, 0.05) is 0 Å². The highest BCUT2D eigenvalue weighted by Gasteiger charge is 2.31. The summed E-state index contributed by atoms with van der Waals surface area (Å²) in [6.45, 7) is 0.847. The summed E-state index contributed by atoms with van der Waals surface area (Å²) in [6, 6.07) is 0. The molecule has 1 nitrogen and oxygen atoms in total. The molecule has 68 valence electrons. The third-order valence-corrected chi connectivity index (χ3v) is 3.16. The fraction of sp³-hybridized carbons (Fsp3) is 0.818. The van der Waals surface area contributed by atoms with Crippen molar-refractivity contribution in [1.29, 1.82) is 0 Å². The lowest BCUT2D eigenvalue weighted by molar-refractivity contribution is -0.0473. The molecule has 1 heteroatoms. The van der Waals surface area contributed by atoms with E-state index in [4.69, 9.17) is 4.74 Å². The van der Waals surface area contributed by atoms with Crippen LogP contribution in [0.2, 0.25) is 0 Å². The molecule has 1 saturated carbocycles. The van der Waals surface area contributed by atoms with Crippen LogP contribution in [0.5, 0.6) is 0 Å². The van der Waals surface area contributed by atoms with Crippen molar-refractivity contribution >= 4 is 0 Å². The zero-order valence-electron chi connectivity index (χ0n) is 7.72. The first-order valence-corrected chi connectivity index (χ1v) is 5.20. The molecule has 0 saturated heterocycles. The van der Waals surface area contributed by atoms with Gasteiger partial charge in [0.15, 0.2) is 0 Å². The second-order valence-electron chi connectivity index (χ2n) is 4.08. The van der Waals surface area contributed by atoms with Crippen molar-refractivity contribution in [3.05, 3.63) is 12.2 Å². The second-order valence-corrected chi connectivity index (χ2v) is 4.08.